The van der Waals surface area contributed by atoms with Gasteiger partial charge in [-0.25, -0.2) is 0 Å². The van der Waals surface area contributed by atoms with Crippen LogP contribution in [0.2, 0.25) is 0 Å². The summed E-state index contributed by atoms with van der Waals surface area (Å²) in [4.78, 5) is 13.2. The highest BCUT2D eigenvalue weighted by Crippen LogP contribution is 2.52. The maximum atomic E-state index is 11.4. The summed E-state index contributed by atoms with van der Waals surface area (Å²) in [6.07, 6.45) is 5.17. The second-order valence-electron chi connectivity index (χ2n) is 4.10. The van der Waals surface area contributed by atoms with E-state index in [1.54, 1.807) is 17.1 Å². The number of rotatable bonds is 1. The third kappa shape index (κ3) is 1.37. The average molecular weight is 181 g/mol. The zero-order valence-corrected chi connectivity index (χ0v) is 7.86. The van der Waals surface area contributed by atoms with Crippen molar-refractivity contribution >= 4 is 5.91 Å². The minimum absolute atomic E-state index is 0.0327. The lowest BCUT2D eigenvalue weighted by molar-refractivity contribution is -0.125. The van der Waals surface area contributed by atoms with Crippen LogP contribution in [0.3, 0.4) is 0 Å². The summed E-state index contributed by atoms with van der Waals surface area (Å²) in [5.41, 5.74) is 0.0806. The molecule has 1 unspecified atom stereocenters. The molecule has 2 aliphatic rings. The van der Waals surface area contributed by atoms with Crippen molar-refractivity contribution < 1.29 is 9.90 Å². The number of carbonyl (C=O) groups is 1. The molecule has 2 rings (SSSR count). The second-order valence-corrected chi connectivity index (χ2v) is 4.10. The summed E-state index contributed by atoms with van der Waals surface area (Å²) in [5, 5.41) is 9.69. The van der Waals surface area contributed by atoms with Crippen LogP contribution in [-0.2, 0) is 4.79 Å². The van der Waals surface area contributed by atoms with E-state index in [-0.39, 0.29) is 17.4 Å². The third-order valence-corrected chi connectivity index (χ3v) is 3.12. The van der Waals surface area contributed by atoms with Gasteiger partial charge in [0.2, 0.25) is 5.91 Å². The van der Waals surface area contributed by atoms with Crippen molar-refractivity contribution in [3.63, 3.8) is 0 Å². The van der Waals surface area contributed by atoms with Crippen LogP contribution in [0.4, 0.5) is 0 Å². The Hall–Kier alpha value is -0.830. The highest BCUT2D eigenvalue weighted by molar-refractivity contribution is 5.87. The number of amides is 1. The van der Waals surface area contributed by atoms with Crippen molar-refractivity contribution in [2.24, 2.45) is 5.41 Å². The predicted octanol–water partition coefficient (Wildman–Crippen LogP) is 0.546. The molecule has 1 N–H and O–H groups in total. The number of β-amino-alcohol motifs (C(OH)–C–C–N with tert-alkyl or cyclic N) is 1. The number of hydrogen-bond acceptors (Lipinski definition) is 2. The molecule has 2 fully saturated rings. The molecule has 1 aliphatic carbocycles. The van der Waals surface area contributed by atoms with Crippen molar-refractivity contribution in [2.45, 2.75) is 25.9 Å². The molecule has 1 aliphatic heterocycles. The molecule has 13 heavy (non-hydrogen) atoms. The summed E-state index contributed by atoms with van der Waals surface area (Å²) in [6, 6.07) is 0. The van der Waals surface area contributed by atoms with Gasteiger partial charge >= 0.3 is 0 Å². The Morgan fingerprint density at radius 2 is 2.31 bits per heavy atom. The van der Waals surface area contributed by atoms with Gasteiger partial charge in [0.1, 0.15) is 0 Å². The highest BCUT2D eigenvalue weighted by atomic mass is 16.3. The lowest BCUT2D eigenvalue weighted by Crippen LogP contribution is -2.27. The Kier molecular flexibility index (Phi) is 1.91. The summed E-state index contributed by atoms with van der Waals surface area (Å²) < 4.78 is 0. The maximum absolute atomic E-state index is 11.4. The van der Waals surface area contributed by atoms with Gasteiger partial charge in [-0.1, -0.05) is 6.08 Å². The average Bonchev–Trinajstić information content (AvgIpc) is 2.77. The second kappa shape index (κ2) is 2.84. The van der Waals surface area contributed by atoms with Crippen LogP contribution in [0.25, 0.3) is 0 Å². The predicted molar refractivity (Wildman–Crippen MR) is 49.1 cm³/mol. The minimum Gasteiger partial charge on any atom is -0.391 e. The van der Waals surface area contributed by atoms with E-state index in [0.717, 1.165) is 19.4 Å². The molecule has 1 saturated heterocycles. The van der Waals surface area contributed by atoms with Crippen molar-refractivity contribution in [3.8, 4) is 0 Å². The Bertz CT molecular complexity index is 256. The quantitative estimate of drug-likeness (QED) is 0.600. The number of allylic oxidation sites excluding steroid dienone is 1. The van der Waals surface area contributed by atoms with Crippen LogP contribution in [0.1, 0.15) is 19.8 Å². The van der Waals surface area contributed by atoms with Crippen LogP contribution in [0.15, 0.2) is 12.2 Å². The van der Waals surface area contributed by atoms with Crippen LogP contribution < -0.4 is 0 Å². The first-order valence-electron chi connectivity index (χ1n) is 4.78. The van der Waals surface area contributed by atoms with Gasteiger partial charge in [-0.05, 0) is 25.8 Å². The topological polar surface area (TPSA) is 40.5 Å². The van der Waals surface area contributed by atoms with E-state index >= 15 is 0 Å². The Morgan fingerprint density at radius 1 is 1.62 bits per heavy atom. The van der Waals surface area contributed by atoms with Crippen LogP contribution in [0.5, 0.6) is 0 Å². The Morgan fingerprint density at radius 3 is 2.77 bits per heavy atom. The SMILES string of the molecule is C/C=C/C(=O)N1CC(O)C2(CC2)C1. The van der Waals surface area contributed by atoms with Gasteiger partial charge in [0, 0.05) is 18.5 Å². The first kappa shape index (κ1) is 8.75. The van der Waals surface area contributed by atoms with Crippen LogP contribution >= 0.6 is 0 Å². The van der Waals surface area contributed by atoms with Crippen molar-refractivity contribution in [1.29, 1.82) is 0 Å². The molecule has 1 atom stereocenters. The summed E-state index contributed by atoms with van der Waals surface area (Å²) in [7, 11) is 0. The Balaban J connectivity index is 2.01. The van der Waals surface area contributed by atoms with Crippen molar-refractivity contribution in [2.75, 3.05) is 13.1 Å². The van der Waals surface area contributed by atoms with Gasteiger partial charge in [0.25, 0.3) is 0 Å². The molecule has 0 radical (unpaired) electrons. The molecule has 1 saturated carbocycles. The monoisotopic (exact) mass is 181 g/mol. The fourth-order valence-electron chi connectivity index (χ4n) is 2.02. The molecule has 1 spiro atoms. The van der Waals surface area contributed by atoms with E-state index in [4.69, 9.17) is 0 Å². The van der Waals surface area contributed by atoms with E-state index in [9.17, 15) is 9.90 Å². The first-order chi connectivity index (χ1) is 6.18. The van der Waals surface area contributed by atoms with E-state index < -0.39 is 0 Å². The van der Waals surface area contributed by atoms with Crippen molar-refractivity contribution in [1.82, 2.24) is 4.90 Å². The number of aliphatic hydroxyl groups excluding tert-OH is 1. The number of nitrogens with zero attached hydrogens (tertiary/aromatic N) is 1. The number of hydrogen-bond donors (Lipinski definition) is 1. The summed E-state index contributed by atoms with van der Waals surface area (Å²) >= 11 is 0. The molecular formula is C10H15NO2. The molecule has 0 bridgehead atoms. The zero-order valence-electron chi connectivity index (χ0n) is 7.86. The van der Waals surface area contributed by atoms with Crippen molar-refractivity contribution in [3.05, 3.63) is 12.2 Å². The van der Waals surface area contributed by atoms with Gasteiger partial charge in [-0.3, -0.25) is 4.79 Å². The highest BCUT2D eigenvalue weighted by Gasteiger charge is 2.55. The molecule has 0 aromatic rings. The molecular weight excluding hydrogens is 166 g/mol. The summed E-state index contributed by atoms with van der Waals surface area (Å²) in [5.74, 6) is 0.0327. The van der Waals surface area contributed by atoms with Gasteiger partial charge < -0.3 is 10.0 Å². The normalized spacial score (nSPS) is 30.3. The number of aliphatic hydroxyl groups is 1. The van der Waals surface area contributed by atoms with E-state index in [2.05, 4.69) is 0 Å². The zero-order chi connectivity index (χ0) is 9.47. The van der Waals surface area contributed by atoms with Gasteiger partial charge in [-0.15, -0.1) is 0 Å². The molecule has 1 amide bonds. The Labute approximate surface area is 78.0 Å². The standard InChI is InChI=1S/C10H15NO2/c1-2-3-9(13)11-6-8(12)10(7-11)4-5-10/h2-3,8,12H,4-7H2,1H3/b3-2+. The van der Waals surface area contributed by atoms with Gasteiger partial charge in [0.15, 0.2) is 0 Å². The van der Waals surface area contributed by atoms with E-state index in [0.29, 0.717) is 6.54 Å². The van der Waals surface area contributed by atoms with Gasteiger partial charge in [-0.2, -0.15) is 0 Å². The van der Waals surface area contributed by atoms with E-state index in [1.165, 1.54) is 0 Å². The lowest BCUT2D eigenvalue weighted by atomic mass is 10.0. The smallest absolute Gasteiger partial charge is 0.246 e. The number of likely N-dealkylation sites (tertiary alicyclic amines) is 1. The molecule has 1 heterocycles. The third-order valence-electron chi connectivity index (χ3n) is 3.12. The van der Waals surface area contributed by atoms with Crippen LogP contribution in [-0.4, -0.2) is 35.1 Å². The van der Waals surface area contributed by atoms with E-state index in [1.807, 2.05) is 6.92 Å². The molecule has 0 aromatic carbocycles. The van der Waals surface area contributed by atoms with Gasteiger partial charge in [0.05, 0.1) is 6.10 Å². The largest absolute Gasteiger partial charge is 0.391 e. The number of carbonyl (C=O) groups excluding carboxylic acids is 1. The fourth-order valence-corrected chi connectivity index (χ4v) is 2.02. The van der Waals surface area contributed by atoms with Crippen LogP contribution in [0, 0.1) is 5.41 Å². The summed E-state index contributed by atoms with van der Waals surface area (Å²) in [6.45, 7) is 3.10. The fraction of sp³-hybridized carbons (Fsp3) is 0.700. The maximum Gasteiger partial charge on any atom is 0.246 e. The molecule has 3 nitrogen and oxygen atoms in total. The lowest BCUT2D eigenvalue weighted by Gasteiger charge is -2.12. The minimum atomic E-state index is -0.290. The first-order valence-corrected chi connectivity index (χ1v) is 4.78. The molecule has 72 valence electrons. The molecule has 3 heteroatoms. The molecule has 0 aromatic heterocycles.